The SMILES string of the molecule is CC(I)COC(=O)NCc1ccc(-c2ccc(O)c3c2C[C@H]2C[C@H]4[C@H](N(C)C)C(=O)C(C(N)=O)C(=O)[C@@]4(O)C(=O)C2C3=O)cc1. The highest BCUT2D eigenvalue weighted by Crippen LogP contribution is 2.51. The molecule has 3 aliphatic carbocycles. The normalized spacial score (nSPS) is 28.2. The number of phenolic OH excluding ortho intramolecular Hbond substituents is 1. The molecule has 7 atom stereocenters. The maximum absolute atomic E-state index is 14.0. The molecule has 2 aromatic rings. The number of aromatic hydroxyl groups is 1. The fourth-order valence-corrected chi connectivity index (χ4v) is 7.27. The second-order valence-electron chi connectivity index (χ2n) is 12.2. The van der Waals surface area contributed by atoms with E-state index in [0.29, 0.717) is 17.7 Å². The van der Waals surface area contributed by atoms with Crippen LogP contribution in [0.4, 0.5) is 4.79 Å². The van der Waals surface area contributed by atoms with Crippen LogP contribution in [0.1, 0.15) is 34.8 Å². The van der Waals surface area contributed by atoms with E-state index in [1.165, 1.54) is 11.0 Å². The number of carbonyl (C=O) groups excluding carboxylic acids is 6. The van der Waals surface area contributed by atoms with Crippen molar-refractivity contribution in [1.29, 1.82) is 0 Å². The van der Waals surface area contributed by atoms with Gasteiger partial charge in [0.2, 0.25) is 5.91 Å². The van der Waals surface area contributed by atoms with Crippen molar-refractivity contribution in [1.82, 2.24) is 10.2 Å². The number of nitrogens with two attached hydrogens (primary N) is 1. The lowest BCUT2D eigenvalue weighted by Gasteiger charge is -2.52. The zero-order chi connectivity index (χ0) is 33.0. The third-order valence-electron chi connectivity index (χ3n) is 9.09. The number of hydrogen-bond acceptors (Lipinski definition) is 10. The van der Waals surface area contributed by atoms with Crippen molar-refractivity contribution < 1.29 is 43.7 Å². The maximum Gasteiger partial charge on any atom is 0.407 e. The fourth-order valence-electron chi connectivity index (χ4n) is 7.09. The Hall–Kier alpha value is -3.69. The van der Waals surface area contributed by atoms with E-state index in [1.807, 2.05) is 31.2 Å². The fraction of sp³-hybridized carbons (Fsp3) is 0.438. The molecule has 45 heavy (non-hydrogen) atoms. The topological polar surface area (TPSA) is 193 Å². The number of benzene rings is 2. The van der Waals surface area contributed by atoms with Gasteiger partial charge in [-0.25, -0.2) is 4.79 Å². The number of amides is 2. The highest BCUT2D eigenvalue weighted by atomic mass is 127. The number of alkyl halides is 1. The van der Waals surface area contributed by atoms with Gasteiger partial charge in [0, 0.05) is 16.4 Å². The summed E-state index contributed by atoms with van der Waals surface area (Å²) in [5.41, 5.74) is 5.20. The highest BCUT2D eigenvalue weighted by Gasteiger charge is 2.69. The lowest BCUT2D eigenvalue weighted by atomic mass is 9.52. The van der Waals surface area contributed by atoms with Gasteiger partial charge in [-0.3, -0.25) is 28.9 Å². The van der Waals surface area contributed by atoms with Crippen LogP contribution in [-0.4, -0.2) is 86.5 Å². The second-order valence-corrected chi connectivity index (χ2v) is 14.3. The number of fused-ring (bicyclic) bond motifs is 3. The Morgan fingerprint density at radius 2 is 1.78 bits per heavy atom. The number of nitrogens with zero attached hydrogens (tertiary/aromatic N) is 1. The minimum atomic E-state index is -2.77. The van der Waals surface area contributed by atoms with Crippen molar-refractivity contribution in [3.63, 3.8) is 0 Å². The number of primary amides is 1. The number of phenols is 1. The summed E-state index contributed by atoms with van der Waals surface area (Å²) in [6.07, 6.45) is -0.407. The molecule has 2 saturated carbocycles. The van der Waals surface area contributed by atoms with Gasteiger partial charge in [-0.1, -0.05) is 59.8 Å². The van der Waals surface area contributed by atoms with Crippen LogP contribution in [0.5, 0.6) is 5.75 Å². The van der Waals surface area contributed by atoms with Crippen LogP contribution < -0.4 is 11.1 Å². The van der Waals surface area contributed by atoms with Crippen molar-refractivity contribution in [2.75, 3.05) is 20.7 Å². The van der Waals surface area contributed by atoms with Crippen molar-refractivity contribution in [3.8, 4) is 16.9 Å². The summed E-state index contributed by atoms with van der Waals surface area (Å²) in [6.45, 7) is 2.45. The summed E-state index contributed by atoms with van der Waals surface area (Å²) in [7, 11) is 3.08. The van der Waals surface area contributed by atoms with Gasteiger partial charge in [0.15, 0.2) is 34.7 Å². The number of hydrogen-bond donors (Lipinski definition) is 4. The number of halogens is 1. The number of alkyl carbamates (subject to hydrolysis) is 1. The van der Waals surface area contributed by atoms with Crippen LogP contribution in [0.15, 0.2) is 36.4 Å². The molecule has 0 saturated heterocycles. The number of ether oxygens (including phenoxy) is 1. The van der Waals surface area contributed by atoms with Crippen LogP contribution >= 0.6 is 22.6 Å². The Labute approximate surface area is 272 Å². The Morgan fingerprint density at radius 1 is 1.11 bits per heavy atom. The minimum absolute atomic E-state index is 0.0317. The van der Waals surface area contributed by atoms with E-state index in [4.69, 9.17) is 10.5 Å². The van der Waals surface area contributed by atoms with E-state index in [1.54, 1.807) is 20.2 Å². The Bertz CT molecular complexity index is 1610. The molecular formula is C32H34IN3O9. The van der Waals surface area contributed by atoms with Gasteiger partial charge in [0.25, 0.3) is 0 Å². The van der Waals surface area contributed by atoms with Crippen molar-refractivity contribution in [2.24, 2.45) is 29.4 Å². The lowest BCUT2D eigenvalue weighted by Crippen LogP contribution is -2.74. The van der Waals surface area contributed by atoms with Crippen molar-refractivity contribution in [3.05, 3.63) is 53.1 Å². The average molecular weight is 732 g/mol. The molecule has 5 rings (SSSR count). The molecule has 0 bridgehead atoms. The summed E-state index contributed by atoms with van der Waals surface area (Å²) >= 11 is 2.16. The Morgan fingerprint density at radius 3 is 2.38 bits per heavy atom. The number of Topliss-reactive ketones (excluding diaryl/α,β-unsaturated/α-hetero) is 4. The third-order valence-corrected chi connectivity index (χ3v) is 9.45. The van der Waals surface area contributed by atoms with Gasteiger partial charge in [0.05, 0.1) is 17.5 Å². The van der Waals surface area contributed by atoms with Gasteiger partial charge < -0.3 is 26.0 Å². The molecule has 5 N–H and O–H groups in total. The van der Waals surface area contributed by atoms with E-state index in [9.17, 15) is 39.0 Å². The lowest BCUT2D eigenvalue weighted by molar-refractivity contribution is -0.181. The number of aliphatic hydroxyl groups is 1. The summed E-state index contributed by atoms with van der Waals surface area (Å²) in [4.78, 5) is 80.2. The predicted molar refractivity (Wildman–Crippen MR) is 168 cm³/mol. The van der Waals surface area contributed by atoms with Crippen molar-refractivity contribution >= 4 is 57.7 Å². The van der Waals surface area contributed by atoms with Crippen LogP contribution in [0.3, 0.4) is 0 Å². The average Bonchev–Trinajstić information content (AvgIpc) is 2.97. The van der Waals surface area contributed by atoms with Crippen LogP contribution in [0.25, 0.3) is 11.1 Å². The molecule has 3 aliphatic rings. The first-order valence-corrected chi connectivity index (χ1v) is 15.8. The molecule has 3 unspecified atom stereocenters. The van der Waals surface area contributed by atoms with E-state index >= 15 is 0 Å². The standard InChI is InChI=1S/C32H34IN3O9/c1-14(33)13-45-31(43)35-12-15-4-6-16(7-5-15)18-8-9-21(37)23-19(18)10-17-11-20-25(36(2)3)27(39)24(30(34)42)29(41)32(20,44)28(40)22(17)26(23)38/h4-9,14,17,20,22,24-25,37,44H,10-13H2,1-3H3,(H2,34,42)(H,35,43)/t14?,17-,20-,22?,24?,25-,32-/m0/s1. The summed E-state index contributed by atoms with van der Waals surface area (Å²) in [5.74, 6) is -10.9. The van der Waals surface area contributed by atoms with Crippen LogP contribution in [0.2, 0.25) is 0 Å². The Balaban J connectivity index is 1.48. The first kappa shape index (κ1) is 32.7. The molecule has 2 fully saturated rings. The first-order valence-electron chi connectivity index (χ1n) is 14.5. The summed E-state index contributed by atoms with van der Waals surface area (Å²) in [6, 6.07) is 9.10. The number of likely N-dealkylation sites (N-methyl/N-ethyl adjacent to an activating group) is 1. The smallest absolute Gasteiger partial charge is 0.407 e. The molecule has 0 aliphatic heterocycles. The first-order chi connectivity index (χ1) is 21.2. The van der Waals surface area contributed by atoms with E-state index < -0.39 is 70.4 Å². The second kappa shape index (κ2) is 12.2. The predicted octanol–water partition coefficient (Wildman–Crippen LogP) is 1.58. The van der Waals surface area contributed by atoms with Gasteiger partial charge in [0.1, 0.15) is 12.4 Å². The molecule has 12 nitrogen and oxygen atoms in total. The summed E-state index contributed by atoms with van der Waals surface area (Å²) in [5, 5.41) is 25.2. The molecule has 0 aromatic heterocycles. The van der Waals surface area contributed by atoms with Gasteiger partial charge >= 0.3 is 6.09 Å². The van der Waals surface area contributed by atoms with E-state index in [-0.39, 0.29) is 34.6 Å². The number of rotatable bonds is 7. The quantitative estimate of drug-likeness (QED) is 0.185. The molecule has 238 valence electrons. The molecule has 0 spiro atoms. The monoisotopic (exact) mass is 731 g/mol. The van der Waals surface area contributed by atoms with Gasteiger partial charge in [-0.2, -0.15) is 0 Å². The number of ketones is 4. The van der Waals surface area contributed by atoms with Crippen molar-refractivity contribution in [2.45, 2.75) is 41.9 Å². The molecule has 0 radical (unpaired) electrons. The largest absolute Gasteiger partial charge is 0.507 e. The third kappa shape index (κ3) is 5.54. The highest BCUT2D eigenvalue weighted by molar-refractivity contribution is 14.1. The maximum atomic E-state index is 14.0. The van der Waals surface area contributed by atoms with Crippen LogP contribution in [-0.2, 0) is 36.9 Å². The van der Waals surface area contributed by atoms with Crippen LogP contribution in [0, 0.1) is 23.7 Å². The molecule has 2 aromatic carbocycles. The Kier molecular flexibility index (Phi) is 8.90. The number of carbonyl (C=O) groups is 6. The molecular weight excluding hydrogens is 697 g/mol. The van der Waals surface area contributed by atoms with Gasteiger partial charge in [-0.05, 0) is 61.2 Å². The van der Waals surface area contributed by atoms with E-state index in [2.05, 4.69) is 27.9 Å². The molecule has 2 amide bonds. The minimum Gasteiger partial charge on any atom is -0.507 e. The molecule has 0 heterocycles. The van der Waals surface area contributed by atoms with Gasteiger partial charge in [-0.15, -0.1) is 0 Å². The molecule has 13 heteroatoms. The number of nitrogens with one attached hydrogen (secondary N) is 1. The zero-order valence-electron chi connectivity index (χ0n) is 24.9. The zero-order valence-corrected chi connectivity index (χ0v) is 27.1. The van der Waals surface area contributed by atoms with E-state index in [0.717, 1.165) is 11.1 Å². The summed E-state index contributed by atoms with van der Waals surface area (Å²) < 4.78 is 5.31.